The number of rotatable bonds is 2. The van der Waals surface area contributed by atoms with Crippen LogP contribution in [0.1, 0.15) is 10.4 Å². The molecule has 0 radical (unpaired) electrons. The standard InChI is InChI=1S/C13H16N4O2S/c1-15-11-10(12(18)16(2)13(15)19)7-17(8-14-11)6-9-4-3-5-20-9/h3-5,14H,6-8H2,1-2H3. The Bertz CT molecular complexity index is 745. The van der Waals surface area contributed by atoms with Gasteiger partial charge in [0.2, 0.25) is 0 Å². The lowest BCUT2D eigenvalue weighted by Gasteiger charge is -2.30. The summed E-state index contributed by atoms with van der Waals surface area (Å²) in [6, 6.07) is 4.10. The minimum Gasteiger partial charge on any atom is -0.358 e. The lowest BCUT2D eigenvalue weighted by molar-refractivity contribution is 0.264. The number of aromatic nitrogens is 2. The Labute approximate surface area is 119 Å². The fourth-order valence-corrected chi connectivity index (χ4v) is 3.23. The summed E-state index contributed by atoms with van der Waals surface area (Å²) in [5.41, 5.74) is 0.136. The smallest absolute Gasteiger partial charge is 0.332 e. The van der Waals surface area contributed by atoms with Crippen LogP contribution in [0.3, 0.4) is 0 Å². The molecular weight excluding hydrogens is 276 g/mol. The van der Waals surface area contributed by atoms with Crippen molar-refractivity contribution in [3.63, 3.8) is 0 Å². The zero-order valence-corrected chi connectivity index (χ0v) is 12.2. The van der Waals surface area contributed by atoms with Crippen molar-refractivity contribution >= 4 is 17.2 Å². The summed E-state index contributed by atoms with van der Waals surface area (Å²) in [6.45, 7) is 1.99. The van der Waals surface area contributed by atoms with Crippen molar-refractivity contribution in [3.8, 4) is 0 Å². The number of fused-ring (bicyclic) bond motifs is 1. The van der Waals surface area contributed by atoms with Crippen LogP contribution in [0.2, 0.25) is 0 Å². The molecule has 3 heterocycles. The Morgan fingerprint density at radius 2 is 2.10 bits per heavy atom. The van der Waals surface area contributed by atoms with Crippen molar-refractivity contribution < 1.29 is 0 Å². The normalized spacial score (nSPS) is 14.9. The average Bonchev–Trinajstić information content (AvgIpc) is 2.95. The third-order valence-corrected chi connectivity index (χ3v) is 4.43. The predicted octanol–water partition coefficient (Wildman–Crippen LogP) is 0.531. The fourth-order valence-electron chi connectivity index (χ4n) is 2.48. The zero-order valence-electron chi connectivity index (χ0n) is 11.4. The fraction of sp³-hybridized carbons (Fsp3) is 0.385. The van der Waals surface area contributed by atoms with Gasteiger partial charge in [-0.15, -0.1) is 11.3 Å². The molecule has 0 bridgehead atoms. The Morgan fingerprint density at radius 1 is 1.30 bits per heavy atom. The molecule has 1 N–H and O–H groups in total. The summed E-state index contributed by atoms with van der Waals surface area (Å²) < 4.78 is 2.66. The second-order valence-corrected chi connectivity index (χ2v) is 5.97. The summed E-state index contributed by atoms with van der Waals surface area (Å²) in [5.74, 6) is 0.639. The van der Waals surface area contributed by atoms with Crippen molar-refractivity contribution in [2.75, 3.05) is 12.0 Å². The van der Waals surface area contributed by atoms with E-state index in [4.69, 9.17) is 0 Å². The number of thiophene rings is 1. The van der Waals surface area contributed by atoms with Gasteiger partial charge in [0.1, 0.15) is 5.82 Å². The first-order valence-electron chi connectivity index (χ1n) is 6.35. The zero-order chi connectivity index (χ0) is 14.3. The first-order valence-corrected chi connectivity index (χ1v) is 7.23. The van der Waals surface area contributed by atoms with Crippen LogP contribution in [-0.4, -0.2) is 20.7 Å². The monoisotopic (exact) mass is 292 g/mol. The highest BCUT2D eigenvalue weighted by molar-refractivity contribution is 7.09. The van der Waals surface area contributed by atoms with Crippen LogP contribution < -0.4 is 16.6 Å². The van der Waals surface area contributed by atoms with Gasteiger partial charge in [-0.1, -0.05) is 6.07 Å². The lowest BCUT2D eigenvalue weighted by atomic mass is 10.2. The van der Waals surface area contributed by atoms with Crippen LogP contribution in [-0.2, 0) is 27.2 Å². The Hall–Kier alpha value is -1.86. The van der Waals surface area contributed by atoms with Gasteiger partial charge in [0.25, 0.3) is 5.56 Å². The average molecular weight is 292 g/mol. The first kappa shape index (κ1) is 13.1. The lowest BCUT2D eigenvalue weighted by Crippen LogP contribution is -2.45. The van der Waals surface area contributed by atoms with Crippen LogP contribution in [0.15, 0.2) is 27.1 Å². The van der Waals surface area contributed by atoms with Gasteiger partial charge < -0.3 is 5.32 Å². The number of hydrogen-bond acceptors (Lipinski definition) is 5. The van der Waals surface area contributed by atoms with Crippen molar-refractivity contribution in [3.05, 3.63) is 48.8 Å². The maximum absolute atomic E-state index is 12.2. The topological polar surface area (TPSA) is 59.3 Å². The largest absolute Gasteiger partial charge is 0.358 e. The van der Waals surface area contributed by atoms with Crippen LogP contribution >= 0.6 is 11.3 Å². The molecule has 6 nitrogen and oxygen atoms in total. The molecule has 1 aliphatic rings. The molecule has 0 aromatic carbocycles. The van der Waals surface area contributed by atoms with Gasteiger partial charge in [-0.2, -0.15) is 0 Å². The Kier molecular flexibility index (Phi) is 3.23. The molecule has 20 heavy (non-hydrogen) atoms. The maximum atomic E-state index is 12.2. The van der Waals surface area contributed by atoms with E-state index < -0.39 is 0 Å². The van der Waals surface area contributed by atoms with Gasteiger partial charge in [0.05, 0.1) is 12.2 Å². The molecule has 1 aliphatic heterocycles. The highest BCUT2D eigenvalue weighted by Crippen LogP contribution is 2.20. The Balaban J connectivity index is 1.95. The predicted molar refractivity (Wildman–Crippen MR) is 79.0 cm³/mol. The molecule has 0 spiro atoms. The second-order valence-electron chi connectivity index (χ2n) is 4.93. The van der Waals surface area contributed by atoms with Gasteiger partial charge in [-0.3, -0.25) is 18.8 Å². The van der Waals surface area contributed by atoms with Crippen LogP contribution in [0.5, 0.6) is 0 Å². The molecular formula is C13H16N4O2S. The Morgan fingerprint density at radius 3 is 2.80 bits per heavy atom. The quantitative estimate of drug-likeness (QED) is 0.877. The summed E-state index contributed by atoms with van der Waals surface area (Å²) in [5, 5.41) is 5.23. The molecule has 0 saturated carbocycles. The molecule has 0 atom stereocenters. The summed E-state index contributed by atoms with van der Waals surface area (Å²) in [4.78, 5) is 27.5. The third-order valence-electron chi connectivity index (χ3n) is 3.57. The van der Waals surface area contributed by atoms with Gasteiger partial charge in [0.15, 0.2) is 0 Å². The van der Waals surface area contributed by atoms with Gasteiger partial charge in [-0.25, -0.2) is 4.79 Å². The van der Waals surface area contributed by atoms with E-state index in [0.29, 0.717) is 24.6 Å². The van der Waals surface area contributed by atoms with Crippen molar-refractivity contribution in [2.24, 2.45) is 14.1 Å². The molecule has 0 aliphatic carbocycles. The van der Waals surface area contributed by atoms with E-state index in [-0.39, 0.29) is 11.2 Å². The van der Waals surface area contributed by atoms with Crippen molar-refractivity contribution in [2.45, 2.75) is 13.1 Å². The van der Waals surface area contributed by atoms with Gasteiger partial charge >= 0.3 is 5.69 Å². The van der Waals surface area contributed by atoms with E-state index in [1.807, 2.05) is 11.4 Å². The maximum Gasteiger partial charge on any atom is 0.332 e. The van der Waals surface area contributed by atoms with E-state index in [1.165, 1.54) is 16.5 Å². The molecule has 0 unspecified atom stereocenters. The van der Waals surface area contributed by atoms with Crippen LogP contribution in [0.25, 0.3) is 0 Å². The SMILES string of the molecule is Cn1c2c(c(=O)n(C)c1=O)CN(Cc1cccs1)CN2. The van der Waals surface area contributed by atoms with Crippen molar-refractivity contribution in [1.29, 1.82) is 0 Å². The van der Waals surface area contributed by atoms with E-state index in [0.717, 1.165) is 11.1 Å². The van der Waals surface area contributed by atoms with Crippen LogP contribution in [0.4, 0.5) is 5.82 Å². The highest BCUT2D eigenvalue weighted by atomic mass is 32.1. The molecule has 2 aromatic heterocycles. The van der Waals surface area contributed by atoms with E-state index in [2.05, 4.69) is 16.3 Å². The third kappa shape index (κ3) is 2.08. The number of nitrogens with zero attached hydrogens (tertiary/aromatic N) is 3. The molecule has 2 aromatic rings. The molecule has 106 valence electrons. The van der Waals surface area contributed by atoms with Crippen LogP contribution in [0, 0.1) is 0 Å². The molecule has 0 saturated heterocycles. The highest BCUT2D eigenvalue weighted by Gasteiger charge is 2.23. The number of hydrogen-bond donors (Lipinski definition) is 1. The van der Waals surface area contributed by atoms with E-state index >= 15 is 0 Å². The van der Waals surface area contributed by atoms with Gasteiger partial charge in [-0.05, 0) is 11.4 Å². The molecule has 3 rings (SSSR count). The summed E-state index contributed by atoms with van der Waals surface area (Å²) in [7, 11) is 3.20. The number of anilines is 1. The van der Waals surface area contributed by atoms with Crippen molar-refractivity contribution in [1.82, 2.24) is 14.0 Å². The minimum absolute atomic E-state index is 0.216. The molecule has 0 amide bonds. The van der Waals surface area contributed by atoms with E-state index in [1.54, 1.807) is 18.4 Å². The summed E-state index contributed by atoms with van der Waals surface area (Å²) in [6.07, 6.45) is 0. The van der Waals surface area contributed by atoms with Gasteiger partial charge in [0, 0.05) is 32.1 Å². The first-order chi connectivity index (χ1) is 9.58. The minimum atomic E-state index is -0.298. The van der Waals surface area contributed by atoms with E-state index in [9.17, 15) is 9.59 Å². The molecule has 0 fully saturated rings. The summed E-state index contributed by atoms with van der Waals surface area (Å²) >= 11 is 1.70. The molecule has 7 heteroatoms. The number of nitrogens with one attached hydrogen (secondary N) is 1. The second kappa shape index (κ2) is 4.92.